The number of rotatable bonds is 1. The molecule has 1 unspecified atom stereocenters. The summed E-state index contributed by atoms with van der Waals surface area (Å²) in [6.45, 7) is 6.27. The molecule has 4 aliphatic rings. The lowest BCUT2D eigenvalue weighted by molar-refractivity contribution is -0.143. The minimum atomic E-state index is -0.349. The number of allylic oxidation sites excluding steroid dienone is 1. The molecule has 4 rings (SSSR count). The lowest BCUT2D eigenvalue weighted by Crippen LogP contribution is -2.56. The molecule has 3 fully saturated rings. The number of carbonyl (C=O) groups is 2. The van der Waals surface area contributed by atoms with Crippen LogP contribution in [0.3, 0.4) is 0 Å². The standard InChI is InChI=1S/C21H30O3/c1-12(22)16-6-7-17-15-5-4-13-10-14(23)8-9-20(13,2)19(15)18(24)11-21(16,17)3/h10,15-19,24H,4-9,11H2,1-3H3/t15-,16+,17-,18?,19+,20-,21+/m0/s1. The minimum Gasteiger partial charge on any atom is -0.393 e. The van der Waals surface area contributed by atoms with Gasteiger partial charge in [-0.2, -0.15) is 0 Å². The van der Waals surface area contributed by atoms with Crippen LogP contribution in [0.15, 0.2) is 11.6 Å². The lowest BCUT2D eigenvalue weighted by atomic mass is 9.46. The highest BCUT2D eigenvalue weighted by molar-refractivity contribution is 5.91. The second-order valence-electron chi connectivity index (χ2n) is 9.41. The maximum absolute atomic E-state index is 12.2. The molecule has 3 saturated carbocycles. The fourth-order valence-corrected chi connectivity index (χ4v) is 7.35. The van der Waals surface area contributed by atoms with Crippen LogP contribution in [0, 0.1) is 34.5 Å². The molecule has 0 bridgehead atoms. The molecule has 24 heavy (non-hydrogen) atoms. The Hall–Kier alpha value is -0.960. The monoisotopic (exact) mass is 330 g/mol. The van der Waals surface area contributed by atoms with E-state index in [0.29, 0.717) is 24.0 Å². The van der Waals surface area contributed by atoms with Gasteiger partial charge in [0.25, 0.3) is 0 Å². The quantitative estimate of drug-likeness (QED) is 0.797. The van der Waals surface area contributed by atoms with Gasteiger partial charge in [-0.1, -0.05) is 19.4 Å². The molecule has 0 aromatic heterocycles. The molecule has 0 heterocycles. The molecule has 132 valence electrons. The molecule has 7 atom stereocenters. The van der Waals surface area contributed by atoms with Gasteiger partial charge in [-0.3, -0.25) is 9.59 Å². The second kappa shape index (κ2) is 5.27. The predicted octanol–water partition coefficient (Wildman–Crippen LogP) is 3.69. The number of aliphatic hydroxyl groups excluding tert-OH is 1. The molecule has 0 saturated heterocycles. The van der Waals surface area contributed by atoms with Crippen molar-refractivity contribution in [2.45, 2.75) is 71.8 Å². The van der Waals surface area contributed by atoms with Crippen LogP contribution in [0.2, 0.25) is 0 Å². The lowest BCUT2D eigenvalue weighted by Gasteiger charge is -2.59. The summed E-state index contributed by atoms with van der Waals surface area (Å²) < 4.78 is 0. The van der Waals surface area contributed by atoms with Crippen molar-refractivity contribution in [3.05, 3.63) is 11.6 Å². The Kier molecular flexibility index (Phi) is 3.62. The van der Waals surface area contributed by atoms with Crippen LogP contribution in [0.1, 0.15) is 65.7 Å². The topological polar surface area (TPSA) is 54.4 Å². The Morgan fingerprint density at radius 2 is 1.96 bits per heavy atom. The van der Waals surface area contributed by atoms with Crippen molar-refractivity contribution in [2.24, 2.45) is 34.5 Å². The van der Waals surface area contributed by atoms with Gasteiger partial charge in [0.05, 0.1) is 6.10 Å². The highest BCUT2D eigenvalue weighted by atomic mass is 16.3. The zero-order chi connectivity index (χ0) is 17.3. The van der Waals surface area contributed by atoms with E-state index in [9.17, 15) is 14.7 Å². The van der Waals surface area contributed by atoms with Gasteiger partial charge in [-0.25, -0.2) is 0 Å². The first-order chi connectivity index (χ1) is 11.3. The number of hydrogen-bond donors (Lipinski definition) is 1. The molecular formula is C21H30O3. The molecule has 0 radical (unpaired) electrons. The van der Waals surface area contributed by atoms with Gasteiger partial charge in [-0.05, 0) is 80.1 Å². The van der Waals surface area contributed by atoms with E-state index in [4.69, 9.17) is 0 Å². The SMILES string of the molecule is CC(=O)[C@H]1CC[C@H]2[C@@H]3CCC4=CC(=O)CC[C@]4(C)[C@H]3C(O)C[C@]12C. The predicted molar refractivity (Wildman–Crippen MR) is 92.3 cm³/mol. The molecular weight excluding hydrogens is 300 g/mol. The Labute approximate surface area is 144 Å². The van der Waals surface area contributed by atoms with Gasteiger partial charge in [0.1, 0.15) is 5.78 Å². The molecule has 3 heteroatoms. The van der Waals surface area contributed by atoms with Crippen molar-refractivity contribution in [1.82, 2.24) is 0 Å². The van der Waals surface area contributed by atoms with Crippen molar-refractivity contribution in [3.8, 4) is 0 Å². The fraction of sp³-hybridized carbons (Fsp3) is 0.810. The third-order valence-corrected chi connectivity index (χ3v) is 8.38. The van der Waals surface area contributed by atoms with Crippen molar-refractivity contribution in [3.63, 3.8) is 0 Å². The third kappa shape index (κ3) is 2.06. The molecule has 0 aliphatic heterocycles. The summed E-state index contributed by atoms with van der Waals surface area (Å²) in [5.74, 6) is 1.99. The Morgan fingerprint density at radius 3 is 2.67 bits per heavy atom. The minimum absolute atomic E-state index is 0.0219. The van der Waals surface area contributed by atoms with E-state index in [1.54, 1.807) is 6.92 Å². The molecule has 0 amide bonds. The van der Waals surface area contributed by atoms with Crippen LogP contribution < -0.4 is 0 Å². The number of carbonyl (C=O) groups excluding carboxylic acids is 2. The first-order valence-corrected chi connectivity index (χ1v) is 9.70. The summed E-state index contributed by atoms with van der Waals surface area (Å²) in [6.07, 6.45) is 7.97. The summed E-state index contributed by atoms with van der Waals surface area (Å²) in [7, 11) is 0. The largest absolute Gasteiger partial charge is 0.393 e. The van der Waals surface area contributed by atoms with E-state index < -0.39 is 0 Å². The average Bonchev–Trinajstić information content (AvgIpc) is 2.84. The number of aliphatic hydroxyl groups is 1. The maximum atomic E-state index is 12.2. The van der Waals surface area contributed by atoms with Crippen LogP contribution in [0.25, 0.3) is 0 Å². The van der Waals surface area contributed by atoms with Crippen LogP contribution in [0.5, 0.6) is 0 Å². The van der Waals surface area contributed by atoms with E-state index in [1.165, 1.54) is 5.57 Å². The highest BCUT2D eigenvalue weighted by Gasteiger charge is 2.62. The van der Waals surface area contributed by atoms with Crippen LogP contribution in [-0.2, 0) is 9.59 Å². The number of fused-ring (bicyclic) bond motifs is 5. The van der Waals surface area contributed by atoms with Gasteiger partial charge in [0, 0.05) is 12.3 Å². The van der Waals surface area contributed by atoms with E-state index in [1.807, 2.05) is 6.08 Å². The summed E-state index contributed by atoms with van der Waals surface area (Å²) >= 11 is 0. The first-order valence-electron chi connectivity index (χ1n) is 9.70. The molecule has 4 aliphatic carbocycles. The molecule has 0 aromatic carbocycles. The van der Waals surface area contributed by atoms with Gasteiger partial charge in [0.2, 0.25) is 0 Å². The van der Waals surface area contributed by atoms with Gasteiger partial charge >= 0.3 is 0 Å². The highest BCUT2D eigenvalue weighted by Crippen LogP contribution is 2.66. The van der Waals surface area contributed by atoms with Gasteiger partial charge < -0.3 is 5.11 Å². The zero-order valence-electron chi connectivity index (χ0n) is 15.2. The van der Waals surface area contributed by atoms with Crippen molar-refractivity contribution < 1.29 is 14.7 Å². The zero-order valence-corrected chi connectivity index (χ0v) is 15.2. The van der Waals surface area contributed by atoms with Crippen molar-refractivity contribution in [2.75, 3.05) is 0 Å². The van der Waals surface area contributed by atoms with Crippen molar-refractivity contribution in [1.29, 1.82) is 0 Å². The molecule has 1 N–H and O–H groups in total. The number of ketones is 2. The second-order valence-corrected chi connectivity index (χ2v) is 9.41. The first kappa shape index (κ1) is 16.5. The molecule has 0 aromatic rings. The van der Waals surface area contributed by atoms with Crippen LogP contribution in [0.4, 0.5) is 0 Å². The summed E-state index contributed by atoms with van der Waals surface area (Å²) in [5, 5.41) is 11.2. The number of Topliss-reactive ketones (excluding diaryl/α,β-unsaturated/α-hetero) is 1. The molecule has 3 nitrogen and oxygen atoms in total. The summed E-state index contributed by atoms with van der Waals surface area (Å²) in [5.41, 5.74) is 1.23. The Morgan fingerprint density at radius 1 is 1.21 bits per heavy atom. The Balaban J connectivity index is 1.72. The van der Waals surface area contributed by atoms with E-state index in [2.05, 4.69) is 13.8 Å². The van der Waals surface area contributed by atoms with Crippen LogP contribution >= 0.6 is 0 Å². The van der Waals surface area contributed by atoms with E-state index in [0.717, 1.165) is 38.5 Å². The fourth-order valence-electron chi connectivity index (χ4n) is 7.35. The smallest absolute Gasteiger partial charge is 0.155 e. The number of hydrogen-bond acceptors (Lipinski definition) is 3. The van der Waals surface area contributed by atoms with E-state index in [-0.39, 0.29) is 34.6 Å². The third-order valence-electron chi connectivity index (χ3n) is 8.38. The summed E-state index contributed by atoms with van der Waals surface area (Å²) in [4.78, 5) is 24.0. The van der Waals surface area contributed by atoms with Crippen molar-refractivity contribution >= 4 is 11.6 Å². The normalized spacial score (nSPS) is 50.6. The van der Waals surface area contributed by atoms with E-state index >= 15 is 0 Å². The Bertz CT molecular complexity index is 621. The van der Waals surface area contributed by atoms with Gasteiger partial charge in [0.15, 0.2) is 5.78 Å². The van der Waals surface area contributed by atoms with Gasteiger partial charge in [-0.15, -0.1) is 0 Å². The summed E-state index contributed by atoms with van der Waals surface area (Å²) in [6, 6.07) is 0. The molecule has 0 spiro atoms. The maximum Gasteiger partial charge on any atom is 0.155 e. The average molecular weight is 330 g/mol. The van der Waals surface area contributed by atoms with Crippen LogP contribution in [-0.4, -0.2) is 22.8 Å².